The molecule has 4 amide bonds. The standard InChI is InChI=1S/C31H38N6O7S/c1-43-29-33-24(20-10-6-5-7-11-20)17-26(34-29)44-22-16-25-27(38)35-31(28(39)36-45(41,42)23-13-14-23)18-21(31)12-8-3-2-4-9-15-32-30(40)37(25)19-22/h5-8,10-12,17,21-23,25H,2-4,9,13-16,18-19H2,1H3,(H,32,40)(H,35,38)(H,36,39)/t21-,22-,25+,31-/m1/s1. The van der Waals surface area contributed by atoms with Crippen LogP contribution in [0.15, 0.2) is 48.6 Å². The molecule has 1 saturated heterocycles. The molecule has 4 atom stereocenters. The zero-order valence-corrected chi connectivity index (χ0v) is 25.9. The normalized spacial score (nSPS) is 27.1. The first-order valence-electron chi connectivity index (χ1n) is 15.4. The Morgan fingerprint density at radius 1 is 1.11 bits per heavy atom. The molecule has 2 aliphatic carbocycles. The lowest BCUT2D eigenvalue weighted by Gasteiger charge is -2.26. The predicted octanol–water partition coefficient (Wildman–Crippen LogP) is 2.30. The van der Waals surface area contributed by atoms with Crippen molar-refractivity contribution in [3.63, 3.8) is 0 Å². The van der Waals surface area contributed by atoms with Gasteiger partial charge in [-0.15, -0.1) is 0 Å². The Balaban J connectivity index is 1.24. The Bertz CT molecular complexity index is 1580. The summed E-state index contributed by atoms with van der Waals surface area (Å²) in [5.41, 5.74) is 0.00503. The SMILES string of the molecule is COc1nc(O[C@@H]2C[C@H]3C(=O)N[C@]4(C(=O)NS(=O)(=O)C5CC5)C[C@H]4C=CCCCCCNC(=O)N3C2)cc(-c2ccccc2)n1. The molecule has 0 radical (unpaired) electrons. The molecule has 2 saturated carbocycles. The summed E-state index contributed by atoms with van der Waals surface area (Å²) in [6.45, 7) is 0.548. The van der Waals surface area contributed by atoms with Crippen LogP contribution in [0.5, 0.6) is 11.9 Å². The number of ether oxygens (including phenoxy) is 2. The molecule has 3 fully saturated rings. The summed E-state index contributed by atoms with van der Waals surface area (Å²) in [4.78, 5) is 50.8. The molecule has 0 unspecified atom stereocenters. The van der Waals surface area contributed by atoms with E-state index in [4.69, 9.17) is 9.47 Å². The molecular weight excluding hydrogens is 600 g/mol. The molecule has 2 aliphatic heterocycles. The van der Waals surface area contributed by atoms with E-state index in [-0.39, 0.29) is 37.2 Å². The van der Waals surface area contributed by atoms with Gasteiger partial charge in [0.1, 0.15) is 17.7 Å². The number of aromatic nitrogens is 2. The minimum atomic E-state index is -3.82. The van der Waals surface area contributed by atoms with Crippen LogP contribution in [0.3, 0.4) is 0 Å². The lowest BCUT2D eigenvalue weighted by molar-refractivity contribution is -0.131. The predicted molar refractivity (Wildman–Crippen MR) is 164 cm³/mol. The minimum absolute atomic E-state index is 0.0928. The molecule has 2 aromatic rings. The Hall–Kier alpha value is -4.20. The zero-order valence-electron chi connectivity index (χ0n) is 25.1. The molecule has 45 heavy (non-hydrogen) atoms. The first kappa shape index (κ1) is 30.8. The van der Waals surface area contributed by atoms with Crippen LogP contribution in [-0.2, 0) is 19.6 Å². The van der Waals surface area contributed by atoms with Crippen molar-refractivity contribution < 1.29 is 32.3 Å². The van der Waals surface area contributed by atoms with E-state index in [0.29, 0.717) is 25.1 Å². The van der Waals surface area contributed by atoms with Crippen molar-refractivity contribution in [3.05, 3.63) is 48.6 Å². The topological polar surface area (TPSA) is 169 Å². The fourth-order valence-electron chi connectivity index (χ4n) is 5.93. The molecule has 4 aliphatic rings. The number of sulfonamides is 1. The highest BCUT2D eigenvalue weighted by molar-refractivity contribution is 7.91. The number of rotatable bonds is 7. The van der Waals surface area contributed by atoms with Crippen LogP contribution in [0, 0.1) is 5.92 Å². The van der Waals surface area contributed by atoms with Crippen molar-refractivity contribution in [3.8, 4) is 23.1 Å². The average molecular weight is 639 g/mol. The monoisotopic (exact) mass is 638 g/mol. The van der Waals surface area contributed by atoms with Gasteiger partial charge in [0.15, 0.2) is 0 Å². The van der Waals surface area contributed by atoms with Crippen LogP contribution < -0.4 is 24.8 Å². The number of urea groups is 1. The first-order chi connectivity index (χ1) is 21.7. The van der Waals surface area contributed by atoms with Gasteiger partial charge in [-0.1, -0.05) is 48.9 Å². The zero-order chi connectivity index (χ0) is 31.6. The van der Waals surface area contributed by atoms with Crippen molar-refractivity contribution in [2.24, 2.45) is 5.92 Å². The Morgan fingerprint density at radius 3 is 2.67 bits per heavy atom. The number of amides is 4. The van der Waals surface area contributed by atoms with Gasteiger partial charge >= 0.3 is 12.0 Å². The number of methoxy groups -OCH3 is 1. The number of allylic oxidation sites excluding steroid dienone is 1. The number of nitrogens with zero attached hydrogens (tertiary/aromatic N) is 3. The van der Waals surface area contributed by atoms with Gasteiger partial charge in [-0.25, -0.2) is 13.2 Å². The minimum Gasteiger partial charge on any atom is -0.472 e. The lowest BCUT2D eigenvalue weighted by atomic mass is 10.1. The van der Waals surface area contributed by atoms with Gasteiger partial charge in [0.2, 0.25) is 21.8 Å². The first-order valence-corrected chi connectivity index (χ1v) is 17.0. The quantitative estimate of drug-likeness (QED) is 0.385. The van der Waals surface area contributed by atoms with E-state index in [1.807, 2.05) is 42.5 Å². The maximum atomic E-state index is 13.9. The van der Waals surface area contributed by atoms with E-state index in [1.165, 1.54) is 12.0 Å². The van der Waals surface area contributed by atoms with Crippen LogP contribution in [-0.4, -0.2) is 84.3 Å². The van der Waals surface area contributed by atoms with E-state index in [0.717, 1.165) is 31.2 Å². The third kappa shape index (κ3) is 6.90. The molecule has 240 valence electrons. The summed E-state index contributed by atoms with van der Waals surface area (Å²) in [7, 11) is -2.37. The Kier molecular flexibility index (Phi) is 8.67. The molecule has 1 aromatic heterocycles. The Labute approximate surface area is 262 Å². The number of hydrogen-bond donors (Lipinski definition) is 3. The van der Waals surface area contributed by atoms with Crippen molar-refractivity contribution >= 4 is 27.9 Å². The molecule has 14 heteroatoms. The highest BCUT2D eigenvalue weighted by Gasteiger charge is 2.62. The third-order valence-corrected chi connectivity index (χ3v) is 10.5. The summed E-state index contributed by atoms with van der Waals surface area (Å²) >= 11 is 0. The van der Waals surface area contributed by atoms with Crippen molar-refractivity contribution in [2.45, 2.75) is 74.3 Å². The largest absolute Gasteiger partial charge is 0.472 e. The van der Waals surface area contributed by atoms with Gasteiger partial charge < -0.3 is 25.0 Å². The maximum absolute atomic E-state index is 13.9. The summed E-state index contributed by atoms with van der Waals surface area (Å²) < 4.78 is 39.0. The number of benzene rings is 1. The van der Waals surface area contributed by atoms with E-state index in [2.05, 4.69) is 25.3 Å². The number of hydrogen-bond acceptors (Lipinski definition) is 9. The number of nitrogens with one attached hydrogen (secondary N) is 3. The fraction of sp³-hybridized carbons (Fsp3) is 0.516. The van der Waals surface area contributed by atoms with Gasteiger partial charge in [0.25, 0.3) is 5.91 Å². The Morgan fingerprint density at radius 2 is 1.91 bits per heavy atom. The van der Waals surface area contributed by atoms with Gasteiger partial charge in [0, 0.05) is 30.5 Å². The number of carbonyl (C=O) groups excluding carboxylic acids is 3. The number of fused-ring (bicyclic) bond motifs is 2. The molecule has 3 N–H and O–H groups in total. The van der Waals surface area contributed by atoms with E-state index in [9.17, 15) is 22.8 Å². The summed E-state index contributed by atoms with van der Waals surface area (Å²) in [6.07, 6.45) is 8.02. The second-order valence-electron chi connectivity index (χ2n) is 12.0. The van der Waals surface area contributed by atoms with Gasteiger partial charge in [0.05, 0.1) is 24.6 Å². The summed E-state index contributed by atoms with van der Waals surface area (Å²) in [6, 6.07) is 9.87. The van der Waals surface area contributed by atoms with Gasteiger partial charge in [-0.3, -0.25) is 14.3 Å². The van der Waals surface area contributed by atoms with Crippen LogP contribution >= 0.6 is 0 Å². The van der Waals surface area contributed by atoms with Crippen LogP contribution in [0.1, 0.15) is 51.4 Å². The second kappa shape index (κ2) is 12.7. The second-order valence-corrected chi connectivity index (χ2v) is 14.0. The van der Waals surface area contributed by atoms with Crippen LogP contribution in [0.2, 0.25) is 0 Å². The van der Waals surface area contributed by atoms with Crippen molar-refractivity contribution in [1.29, 1.82) is 0 Å². The molecule has 6 rings (SSSR count). The average Bonchev–Trinajstić information content (AvgIpc) is 3.95. The van der Waals surface area contributed by atoms with E-state index >= 15 is 0 Å². The fourth-order valence-corrected chi connectivity index (χ4v) is 7.29. The summed E-state index contributed by atoms with van der Waals surface area (Å²) in [5.74, 6) is -1.43. The van der Waals surface area contributed by atoms with Crippen LogP contribution in [0.4, 0.5) is 4.79 Å². The van der Waals surface area contributed by atoms with Gasteiger partial charge in [-0.05, 0) is 38.5 Å². The molecule has 13 nitrogen and oxygen atoms in total. The lowest BCUT2D eigenvalue weighted by Crippen LogP contribution is -2.57. The van der Waals surface area contributed by atoms with Crippen molar-refractivity contribution in [2.75, 3.05) is 20.2 Å². The highest BCUT2D eigenvalue weighted by Crippen LogP contribution is 2.46. The smallest absolute Gasteiger partial charge is 0.320 e. The highest BCUT2D eigenvalue weighted by atomic mass is 32.2. The maximum Gasteiger partial charge on any atom is 0.320 e. The van der Waals surface area contributed by atoms with Crippen molar-refractivity contribution in [1.82, 2.24) is 30.2 Å². The van der Waals surface area contributed by atoms with E-state index < -0.39 is 50.8 Å². The molecular formula is C31H38N6O7S. The molecule has 0 bridgehead atoms. The van der Waals surface area contributed by atoms with Crippen LogP contribution in [0.25, 0.3) is 11.3 Å². The molecule has 3 heterocycles. The molecule has 1 aromatic carbocycles. The van der Waals surface area contributed by atoms with Gasteiger partial charge in [-0.2, -0.15) is 9.97 Å². The summed E-state index contributed by atoms with van der Waals surface area (Å²) in [5, 5.41) is 5.18. The number of carbonyl (C=O) groups is 3. The molecule has 0 spiro atoms. The third-order valence-electron chi connectivity index (χ3n) is 8.70. The van der Waals surface area contributed by atoms with E-state index in [1.54, 1.807) is 6.07 Å².